The molecule has 4 saturated carbocycles. The average Bonchev–Trinajstić information content (AvgIpc) is 3.00. The molecule has 4 bridgehead atoms. The molecule has 1 N–H and O–H groups in total. The molecule has 4 aliphatic carbocycles. The number of rotatable bonds is 6. The van der Waals surface area contributed by atoms with Crippen molar-refractivity contribution in [2.24, 2.45) is 29.6 Å². The monoisotopic (exact) mass is 317 g/mol. The molecule has 0 unspecified atom stereocenters. The van der Waals surface area contributed by atoms with Crippen molar-refractivity contribution < 1.29 is 0 Å². The summed E-state index contributed by atoms with van der Waals surface area (Å²) >= 11 is 2.04. The van der Waals surface area contributed by atoms with Gasteiger partial charge < -0.3 is 5.32 Å². The molecule has 4 fully saturated rings. The number of hydrogen-bond donors (Lipinski definition) is 1. The van der Waals surface area contributed by atoms with E-state index in [-0.39, 0.29) is 0 Å². The lowest BCUT2D eigenvalue weighted by Gasteiger charge is -2.61. The molecule has 0 atom stereocenters. The van der Waals surface area contributed by atoms with E-state index in [1.165, 1.54) is 45.2 Å². The smallest absolute Gasteiger partial charge is 0.0116 e. The quantitative estimate of drug-likeness (QED) is 0.722. The fourth-order valence-corrected chi connectivity index (χ4v) is 7.30. The lowest BCUT2D eigenvalue weighted by Crippen LogP contribution is -2.56. The molecule has 5 rings (SSSR count). The SMILES string of the molecule is CC(C)CNCCC1(c2cccs2)C2CC3CC(C2)CC1C3. The fourth-order valence-electron chi connectivity index (χ4n) is 6.19. The molecule has 0 amide bonds. The van der Waals surface area contributed by atoms with Crippen LogP contribution in [0.5, 0.6) is 0 Å². The standard InChI is InChI=1S/C20H31NS/c1-14(2)13-21-6-5-20(19-4-3-7-22-19)17-9-15-8-16(11-17)12-18(20)10-15/h3-4,7,14-18,21H,5-6,8-13H2,1-2H3. The Labute approximate surface area is 139 Å². The van der Waals surface area contributed by atoms with Gasteiger partial charge in [-0.25, -0.2) is 0 Å². The van der Waals surface area contributed by atoms with Crippen LogP contribution in [0.25, 0.3) is 0 Å². The van der Waals surface area contributed by atoms with Crippen molar-refractivity contribution in [2.75, 3.05) is 13.1 Å². The van der Waals surface area contributed by atoms with Crippen molar-refractivity contribution >= 4 is 11.3 Å². The highest BCUT2D eigenvalue weighted by atomic mass is 32.1. The van der Waals surface area contributed by atoms with Gasteiger partial charge in [0.1, 0.15) is 0 Å². The van der Waals surface area contributed by atoms with E-state index in [4.69, 9.17) is 0 Å². The van der Waals surface area contributed by atoms with Gasteiger partial charge in [-0.1, -0.05) is 19.9 Å². The number of hydrogen-bond acceptors (Lipinski definition) is 2. The van der Waals surface area contributed by atoms with Crippen molar-refractivity contribution in [1.29, 1.82) is 0 Å². The van der Waals surface area contributed by atoms with E-state index in [9.17, 15) is 0 Å². The molecular formula is C20H31NS. The summed E-state index contributed by atoms with van der Waals surface area (Å²) in [6, 6.07) is 4.74. The summed E-state index contributed by atoms with van der Waals surface area (Å²) in [6.45, 7) is 7.00. The third kappa shape index (κ3) is 2.47. The predicted molar refractivity (Wildman–Crippen MR) is 95.4 cm³/mol. The molecule has 0 radical (unpaired) electrons. The topological polar surface area (TPSA) is 12.0 Å². The van der Waals surface area contributed by atoms with Crippen LogP contribution in [0.15, 0.2) is 17.5 Å². The molecule has 122 valence electrons. The molecule has 2 heteroatoms. The second-order valence-corrected chi connectivity index (χ2v) is 9.62. The fraction of sp³-hybridized carbons (Fsp3) is 0.800. The second kappa shape index (κ2) is 5.94. The minimum atomic E-state index is 0.519. The average molecular weight is 318 g/mol. The van der Waals surface area contributed by atoms with E-state index in [2.05, 4.69) is 36.7 Å². The predicted octanol–water partition coefficient (Wildman–Crippen LogP) is 5.08. The first-order valence-electron chi connectivity index (χ1n) is 9.43. The molecule has 0 aromatic carbocycles. The summed E-state index contributed by atoms with van der Waals surface area (Å²) in [7, 11) is 0. The second-order valence-electron chi connectivity index (χ2n) is 8.67. The Morgan fingerprint density at radius 1 is 1.14 bits per heavy atom. The molecular weight excluding hydrogens is 286 g/mol. The number of thiophene rings is 1. The Morgan fingerprint density at radius 3 is 2.36 bits per heavy atom. The third-order valence-corrected chi connectivity index (χ3v) is 7.91. The largest absolute Gasteiger partial charge is 0.316 e. The summed E-state index contributed by atoms with van der Waals surface area (Å²) < 4.78 is 0. The molecule has 1 aromatic rings. The van der Waals surface area contributed by atoms with Gasteiger partial charge in [0.25, 0.3) is 0 Å². The Morgan fingerprint density at radius 2 is 1.82 bits per heavy atom. The maximum absolute atomic E-state index is 3.74. The highest BCUT2D eigenvalue weighted by Crippen LogP contribution is 2.64. The van der Waals surface area contributed by atoms with Crippen LogP contribution in [-0.4, -0.2) is 13.1 Å². The van der Waals surface area contributed by atoms with E-state index < -0.39 is 0 Å². The molecule has 1 heterocycles. The van der Waals surface area contributed by atoms with Crippen LogP contribution in [-0.2, 0) is 5.41 Å². The highest BCUT2D eigenvalue weighted by Gasteiger charge is 2.57. The van der Waals surface area contributed by atoms with Crippen LogP contribution in [0.3, 0.4) is 0 Å². The van der Waals surface area contributed by atoms with Crippen LogP contribution in [0.4, 0.5) is 0 Å². The van der Waals surface area contributed by atoms with Crippen LogP contribution in [0, 0.1) is 29.6 Å². The van der Waals surface area contributed by atoms with Gasteiger partial charge in [-0.15, -0.1) is 11.3 Å². The van der Waals surface area contributed by atoms with Gasteiger partial charge in [0.05, 0.1) is 0 Å². The van der Waals surface area contributed by atoms with Crippen molar-refractivity contribution in [1.82, 2.24) is 5.32 Å². The van der Waals surface area contributed by atoms with Gasteiger partial charge in [0.15, 0.2) is 0 Å². The van der Waals surface area contributed by atoms with Crippen molar-refractivity contribution in [3.05, 3.63) is 22.4 Å². The summed E-state index contributed by atoms with van der Waals surface area (Å²) in [5.74, 6) is 4.85. The normalized spacial score (nSPS) is 39.8. The first-order chi connectivity index (χ1) is 10.7. The molecule has 22 heavy (non-hydrogen) atoms. The van der Waals surface area contributed by atoms with Gasteiger partial charge in [-0.2, -0.15) is 0 Å². The van der Waals surface area contributed by atoms with Gasteiger partial charge in [-0.3, -0.25) is 0 Å². The zero-order valence-electron chi connectivity index (χ0n) is 14.2. The van der Waals surface area contributed by atoms with E-state index in [0.29, 0.717) is 5.41 Å². The Bertz CT molecular complexity index is 462. The Kier molecular flexibility index (Phi) is 4.11. The minimum Gasteiger partial charge on any atom is -0.316 e. The summed E-state index contributed by atoms with van der Waals surface area (Å²) in [6.07, 6.45) is 9.02. The van der Waals surface area contributed by atoms with E-state index in [0.717, 1.165) is 29.6 Å². The molecule has 0 saturated heterocycles. The van der Waals surface area contributed by atoms with Crippen LogP contribution < -0.4 is 5.32 Å². The maximum atomic E-state index is 3.74. The van der Waals surface area contributed by atoms with E-state index >= 15 is 0 Å². The third-order valence-electron chi connectivity index (χ3n) is 6.84. The van der Waals surface area contributed by atoms with Gasteiger partial charge in [0, 0.05) is 10.3 Å². The summed E-state index contributed by atoms with van der Waals surface area (Å²) in [4.78, 5) is 1.72. The van der Waals surface area contributed by atoms with Gasteiger partial charge in [0.2, 0.25) is 0 Å². The van der Waals surface area contributed by atoms with Gasteiger partial charge >= 0.3 is 0 Å². The zero-order valence-corrected chi connectivity index (χ0v) is 15.0. The molecule has 1 aromatic heterocycles. The number of nitrogens with one attached hydrogen (secondary N) is 1. The summed E-state index contributed by atoms with van der Waals surface area (Å²) in [5.41, 5.74) is 0.519. The Balaban J connectivity index is 1.57. The molecule has 0 spiro atoms. The van der Waals surface area contributed by atoms with E-state index in [1.54, 1.807) is 11.3 Å². The van der Waals surface area contributed by atoms with Crippen LogP contribution in [0.2, 0.25) is 0 Å². The molecule has 4 aliphatic rings. The van der Waals surface area contributed by atoms with Gasteiger partial charge in [-0.05, 0) is 92.7 Å². The van der Waals surface area contributed by atoms with E-state index in [1.807, 2.05) is 11.3 Å². The van der Waals surface area contributed by atoms with Crippen LogP contribution >= 0.6 is 11.3 Å². The zero-order chi connectivity index (χ0) is 15.2. The Hall–Kier alpha value is -0.340. The lowest BCUT2D eigenvalue weighted by molar-refractivity contribution is -0.0630. The van der Waals surface area contributed by atoms with Crippen molar-refractivity contribution in [3.8, 4) is 0 Å². The maximum Gasteiger partial charge on any atom is 0.0116 e. The first-order valence-corrected chi connectivity index (χ1v) is 10.3. The van der Waals surface area contributed by atoms with Crippen LogP contribution in [0.1, 0.15) is 57.2 Å². The molecule has 0 aliphatic heterocycles. The summed E-state index contributed by atoms with van der Waals surface area (Å²) in [5, 5.41) is 6.04. The highest BCUT2D eigenvalue weighted by molar-refractivity contribution is 7.10. The molecule has 1 nitrogen and oxygen atoms in total. The van der Waals surface area contributed by atoms with Crippen molar-refractivity contribution in [2.45, 2.75) is 57.8 Å². The first kappa shape index (κ1) is 15.2. The van der Waals surface area contributed by atoms with Crippen molar-refractivity contribution in [3.63, 3.8) is 0 Å². The lowest BCUT2D eigenvalue weighted by atomic mass is 9.44. The minimum absolute atomic E-state index is 0.519.